The Morgan fingerprint density at radius 3 is 1.87 bits per heavy atom. The number of hydrogen-bond donors (Lipinski definition) is 0. The Hall–Kier alpha value is -5.78. The lowest BCUT2D eigenvalue weighted by Crippen LogP contribution is -2.60. The van der Waals surface area contributed by atoms with E-state index in [-0.39, 0.29) is 33.9 Å². The predicted octanol–water partition coefficient (Wildman–Crippen LogP) is 16.3. The average Bonchev–Trinajstić information content (AvgIpc) is 3.97. The minimum absolute atomic E-state index is 0.0296. The lowest BCUT2D eigenvalue weighted by Gasteiger charge is -2.46. The molecule has 14 rings (SSSR count). The number of rotatable bonds is 1. The maximum absolute atomic E-state index is 7.39. The van der Waals surface area contributed by atoms with Crippen molar-refractivity contribution in [1.29, 1.82) is 0 Å². The smallest absolute Gasteiger partial charge is 0.333 e. The molecule has 0 spiro atoms. The van der Waals surface area contributed by atoms with Crippen LogP contribution in [0.5, 0.6) is 0 Å². The molecule has 0 atom stereocenters. The number of hydrogen-bond acceptors (Lipinski definition) is 3. The van der Waals surface area contributed by atoms with E-state index in [1.54, 1.807) is 0 Å². The average molecular weight is 891 g/mol. The van der Waals surface area contributed by atoms with Crippen LogP contribution in [0.15, 0.2) is 114 Å². The van der Waals surface area contributed by atoms with Gasteiger partial charge in [0.2, 0.25) is 0 Å². The number of aromatic nitrogens is 1. The van der Waals surface area contributed by atoms with Gasteiger partial charge in [-0.05, 0) is 158 Å². The number of anilines is 2. The highest BCUT2D eigenvalue weighted by Crippen LogP contribution is 2.57. The first-order chi connectivity index (χ1) is 31.8. The summed E-state index contributed by atoms with van der Waals surface area (Å²) in [6, 6.07) is 43.2. The molecule has 5 heteroatoms. The molecule has 7 aromatic carbocycles. The van der Waals surface area contributed by atoms with E-state index in [0.717, 1.165) is 30.4 Å². The first-order valence-corrected chi connectivity index (χ1v) is 25.7. The second kappa shape index (κ2) is 12.7. The van der Waals surface area contributed by atoms with Gasteiger partial charge >= 0.3 is 6.85 Å². The van der Waals surface area contributed by atoms with Crippen LogP contribution < -0.4 is 15.7 Å². The Bertz CT molecular complexity index is 3860. The fraction of sp³-hybridized carbons (Fsp3) is 0.323. The summed E-state index contributed by atoms with van der Waals surface area (Å²) < 4.78 is 12.8. The molecule has 3 aromatic heterocycles. The van der Waals surface area contributed by atoms with Crippen molar-refractivity contribution in [2.75, 3.05) is 4.81 Å². The highest BCUT2D eigenvalue weighted by Gasteiger charge is 2.49. The molecule has 2 aliphatic carbocycles. The summed E-state index contributed by atoms with van der Waals surface area (Å²) in [5, 5.41) is 7.66. The third-order valence-electron chi connectivity index (χ3n) is 17.6. The molecule has 0 saturated carbocycles. The molecule has 332 valence electrons. The number of para-hydroxylation sites is 1. The summed E-state index contributed by atoms with van der Waals surface area (Å²) in [6.45, 7) is 26.7. The molecule has 0 bridgehead atoms. The van der Waals surface area contributed by atoms with Crippen LogP contribution in [0.1, 0.15) is 130 Å². The minimum Gasteiger partial charge on any atom is -0.455 e. The molecule has 10 aromatic rings. The Labute approximate surface area is 398 Å². The molecule has 0 fully saturated rings. The van der Waals surface area contributed by atoms with Crippen molar-refractivity contribution in [3.05, 3.63) is 137 Å². The first-order valence-electron chi connectivity index (χ1n) is 24.9. The summed E-state index contributed by atoms with van der Waals surface area (Å²) in [5.41, 5.74) is 21.2. The molecule has 0 radical (unpaired) electrons. The van der Waals surface area contributed by atoms with Gasteiger partial charge in [0, 0.05) is 59.0 Å². The molecule has 67 heavy (non-hydrogen) atoms. The highest BCUT2D eigenvalue weighted by molar-refractivity contribution is 7.26. The van der Waals surface area contributed by atoms with Crippen molar-refractivity contribution in [1.82, 2.24) is 4.57 Å². The van der Waals surface area contributed by atoms with Gasteiger partial charge in [-0.15, -0.1) is 11.3 Å². The number of thiophene rings is 1. The molecular weight excluding hydrogens is 832 g/mol. The van der Waals surface area contributed by atoms with Gasteiger partial charge in [-0.25, -0.2) is 0 Å². The van der Waals surface area contributed by atoms with E-state index in [2.05, 4.69) is 195 Å². The molecule has 3 nitrogen and oxygen atoms in total. The topological polar surface area (TPSA) is 21.3 Å². The van der Waals surface area contributed by atoms with Crippen molar-refractivity contribution in [3.63, 3.8) is 0 Å². The fourth-order valence-electron chi connectivity index (χ4n) is 13.5. The van der Waals surface area contributed by atoms with Gasteiger partial charge in [-0.1, -0.05) is 125 Å². The van der Waals surface area contributed by atoms with Crippen LogP contribution in [-0.4, -0.2) is 11.4 Å². The summed E-state index contributed by atoms with van der Waals surface area (Å²) in [5.74, 6) is 0. The first kappa shape index (κ1) is 40.3. The number of benzene rings is 7. The summed E-state index contributed by atoms with van der Waals surface area (Å²) in [7, 11) is 0. The van der Waals surface area contributed by atoms with Gasteiger partial charge in [0.15, 0.2) is 0 Å². The summed E-state index contributed by atoms with van der Waals surface area (Å²) in [6.07, 6.45) is 4.65. The van der Waals surface area contributed by atoms with Crippen LogP contribution >= 0.6 is 11.3 Å². The Kier molecular flexibility index (Phi) is 7.61. The summed E-state index contributed by atoms with van der Waals surface area (Å²) >= 11 is 1.94. The lowest BCUT2D eigenvalue weighted by atomic mass is 9.43. The van der Waals surface area contributed by atoms with Crippen LogP contribution in [0.25, 0.3) is 80.7 Å². The third kappa shape index (κ3) is 5.20. The van der Waals surface area contributed by atoms with Crippen molar-refractivity contribution in [2.45, 2.75) is 129 Å². The van der Waals surface area contributed by atoms with Gasteiger partial charge in [-0.3, -0.25) is 0 Å². The van der Waals surface area contributed by atoms with Crippen molar-refractivity contribution in [3.8, 4) is 16.8 Å². The zero-order valence-corrected chi connectivity index (χ0v) is 41.8. The molecule has 5 heterocycles. The molecule has 4 aliphatic rings. The fourth-order valence-corrected chi connectivity index (χ4v) is 14.7. The Balaban J connectivity index is 1.25. The number of fused-ring (bicyclic) bond motifs is 18. The normalized spacial score (nSPS) is 18.6. The highest BCUT2D eigenvalue weighted by atomic mass is 32.1. The van der Waals surface area contributed by atoms with Crippen molar-refractivity contribution < 1.29 is 4.42 Å². The van der Waals surface area contributed by atoms with E-state index in [4.69, 9.17) is 4.42 Å². The predicted molar refractivity (Wildman–Crippen MR) is 289 cm³/mol. The largest absolute Gasteiger partial charge is 0.455 e. The van der Waals surface area contributed by atoms with Crippen molar-refractivity contribution in [2.24, 2.45) is 0 Å². The molecular formula is C62H59BN2OS. The van der Waals surface area contributed by atoms with Crippen LogP contribution in [0, 0.1) is 0 Å². The van der Waals surface area contributed by atoms with Crippen molar-refractivity contribution >= 4 is 104 Å². The number of nitrogens with zero attached hydrogens (tertiary/aromatic N) is 2. The zero-order chi connectivity index (χ0) is 46.1. The zero-order valence-electron chi connectivity index (χ0n) is 41.0. The van der Waals surface area contributed by atoms with Crippen LogP contribution in [-0.2, 0) is 27.1 Å². The Morgan fingerprint density at radius 1 is 0.567 bits per heavy atom. The summed E-state index contributed by atoms with van der Waals surface area (Å²) in [4.78, 5) is 2.77. The molecule has 0 amide bonds. The second-order valence-corrected chi connectivity index (χ2v) is 25.7. The van der Waals surface area contributed by atoms with E-state index in [9.17, 15) is 0 Å². The maximum Gasteiger partial charge on any atom is 0.333 e. The van der Waals surface area contributed by atoms with Crippen LogP contribution in [0.4, 0.5) is 11.4 Å². The molecule has 0 unspecified atom stereocenters. The van der Waals surface area contributed by atoms with E-state index in [1.807, 2.05) is 11.3 Å². The third-order valence-corrected chi connectivity index (χ3v) is 18.8. The molecule has 0 N–H and O–H groups in total. The van der Waals surface area contributed by atoms with E-state index in [0.29, 0.717) is 0 Å². The lowest BCUT2D eigenvalue weighted by molar-refractivity contribution is 0.332. The SMILES string of the molecule is CC(C)(C)c1ccc(N2B3c4cc5sc6ccccc6c5cc4-n4c5cc6c(cc5c5c7oc8ccccc8c7c(c3c54)-c3cc4c(cc32)C(C)(C)CCC4(C)C)C(C)(C)CCC6(C)C)cc1. The molecule has 2 aliphatic heterocycles. The van der Waals surface area contributed by atoms with Gasteiger partial charge in [0.05, 0.1) is 16.4 Å². The monoisotopic (exact) mass is 890 g/mol. The standard InChI is InChI=1S/C62H59BN2OS/c1-58(2,3)34-20-22-35(23-21-34)65-47-32-44-42(60(6,7)25-27-62(44,10)11)29-40(47)52-53-37-17-12-14-18-49(37)66-57(53)54-39-28-41-43(61(8,9)26-24-59(41,4)5)31-46(39)64-48-30-38-36-16-13-15-19-50(36)67-51(38)33-45(48)63(65)55(52)56(54)64/h12-23,28-33H,24-27H2,1-11H3. The maximum atomic E-state index is 7.39. The van der Waals surface area contributed by atoms with Crippen LogP contribution in [0.2, 0.25) is 0 Å². The van der Waals surface area contributed by atoms with Gasteiger partial charge in [0.1, 0.15) is 11.2 Å². The minimum atomic E-state index is -0.106. The van der Waals surface area contributed by atoms with Gasteiger partial charge in [-0.2, -0.15) is 0 Å². The quantitative estimate of drug-likeness (QED) is 0.153. The second-order valence-electron chi connectivity index (χ2n) is 24.6. The molecule has 0 saturated heterocycles. The Morgan fingerprint density at radius 2 is 1.18 bits per heavy atom. The van der Waals surface area contributed by atoms with E-state index >= 15 is 0 Å². The van der Waals surface area contributed by atoms with E-state index < -0.39 is 0 Å². The van der Waals surface area contributed by atoms with Gasteiger partial charge in [0.25, 0.3) is 0 Å². The number of furan rings is 1. The van der Waals surface area contributed by atoms with Crippen LogP contribution in [0.3, 0.4) is 0 Å². The van der Waals surface area contributed by atoms with E-state index in [1.165, 1.54) is 126 Å². The van der Waals surface area contributed by atoms with Gasteiger partial charge < -0.3 is 13.8 Å².